The fourth-order valence-corrected chi connectivity index (χ4v) is 13.2. The Morgan fingerprint density at radius 2 is 0.642 bits per heavy atom. The Morgan fingerprint density at radius 3 is 0.982 bits per heavy atom. The highest BCUT2D eigenvalue weighted by Crippen LogP contribution is 2.22. The summed E-state index contributed by atoms with van der Waals surface area (Å²) in [5.41, 5.74) is 31.0. The highest BCUT2D eigenvalue weighted by atomic mass is 16.2. The summed E-state index contributed by atoms with van der Waals surface area (Å²) in [5, 5.41) is 36.8. The lowest BCUT2D eigenvalue weighted by Gasteiger charge is -2.31. The summed E-state index contributed by atoms with van der Waals surface area (Å²) in [5.74, 6) is -7.26. The second-order valence-electron chi connectivity index (χ2n) is 32.6. The van der Waals surface area contributed by atoms with Crippen molar-refractivity contribution in [2.24, 2.45) is 70.1 Å². The molecule has 0 radical (unpaired) electrons. The van der Waals surface area contributed by atoms with Crippen LogP contribution in [0.3, 0.4) is 0 Å². The van der Waals surface area contributed by atoms with Gasteiger partial charge in [-0.05, 0) is 195 Å². The number of aromatic nitrogens is 1. The number of nitrogens with two attached hydrogens (primary N) is 5. The molecule has 0 aliphatic heterocycles. The third-order valence-electron chi connectivity index (χ3n) is 18.7. The third-order valence-corrected chi connectivity index (χ3v) is 18.7. The van der Waals surface area contributed by atoms with E-state index in [1.54, 1.807) is 6.20 Å². The highest BCUT2D eigenvalue weighted by molar-refractivity contribution is 5.99. The van der Waals surface area contributed by atoms with Crippen LogP contribution in [0.25, 0.3) is 10.9 Å². The van der Waals surface area contributed by atoms with Gasteiger partial charge in [0.25, 0.3) is 0 Å². The molecule has 12 atom stereocenters. The normalized spacial score (nSPS) is 15.0. The maximum absolute atomic E-state index is 15.2. The Labute approximate surface area is 650 Å². The average Bonchev–Trinajstić information content (AvgIpc) is 1.75. The van der Waals surface area contributed by atoms with Gasteiger partial charge in [0, 0.05) is 54.8 Å². The summed E-state index contributed by atoms with van der Waals surface area (Å²) in [6, 6.07) is -4.61. The Hall–Kier alpha value is -7.73. The number of rotatable bonds is 58. The molecular weight excluding hydrogens is 1390 g/mol. The smallest absolute Gasteiger partial charge is 0.243 e. The van der Waals surface area contributed by atoms with Gasteiger partial charge in [-0.15, -0.1) is 0 Å². The summed E-state index contributed by atoms with van der Waals surface area (Å²) in [6.45, 7) is 34.8. The molecule has 109 heavy (non-hydrogen) atoms. The molecular formula is C80H144N18O11. The zero-order chi connectivity index (χ0) is 82.0. The van der Waals surface area contributed by atoms with Crippen LogP contribution in [0.15, 0.2) is 42.7 Å². The Morgan fingerprint density at radius 1 is 0.358 bits per heavy atom. The number of hydrogen-bond acceptors (Lipinski definition) is 17. The third kappa shape index (κ3) is 39.1. The molecule has 620 valence electrons. The molecule has 1 aromatic heterocycles. The molecule has 29 nitrogen and oxygen atoms in total. The van der Waals surface area contributed by atoms with Gasteiger partial charge in [0.2, 0.25) is 65.0 Å². The van der Waals surface area contributed by atoms with Crippen LogP contribution >= 0.6 is 0 Å². The molecule has 0 unspecified atom stereocenters. The number of carbonyl (C=O) groups is 11. The number of fused-ring (bicyclic) bond motifs is 1. The van der Waals surface area contributed by atoms with E-state index in [4.69, 9.17) is 28.7 Å². The number of benzene rings is 1. The van der Waals surface area contributed by atoms with Crippen LogP contribution in [0.1, 0.15) is 231 Å². The van der Waals surface area contributed by atoms with Crippen LogP contribution in [0.4, 0.5) is 0 Å². The first kappa shape index (κ1) is 97.3. The minimum atomic E-state index is -1.37. The molecule has 1 heterocycles. The van der Waals surface area contributed by atoms with E-state index in [2.05, 4.69) is 89.2 Å². The van der Waals surface area contributed by atoms with Crippen molar-refractivity contribution in [1.82, 2.24) is 68.8 Å². The molecule has 0 aliphatic carbocycles. The van der Waals surface area contributed by atoms with E-state index < -0.39 is 119 Å². The lowest BCUT2D eigenvalue weighted by atomic mass is 9.97. The van der Waals surface area contributed by atoms with Crippen LogP contribution in [0.2, 0.25) is 0 Å². The number of H-pyrrole nitrogens is 1. The summed E-state index contributed by atoms with van der Waals surface area (Å²) in [6.07, 6.45) is 9.19. The number of para-hydroxylation sites is 1. The van der Waals surface area contributed by atoms with Gasteiger partial charge in [-0.3, -0.25) is 52.7 Å². The number of carbonyl (C=O) groups excluding carboxylic acids is 11. The Kier molecular flexibility index (Phi) is 46.8. The van der Waals surface area contributed by atoms with Crippen LogP contribution in [0.5, 0.6) is 0 Å². The number of hydrogen-bond donors (Lipinski definition) is 18. The quantitative estimate of drug-likeness (QED) is 0.0410. The second-order valence-corrected chi connectivity index (χ2v) is 32.6. The second kappa shape index (κ2) is 52.4. The van der Waals surface area contributed by atoms with Crippen molar-refractivity contribution in [3.8, 4) is 0 Å². The van der Waals surface area contributed by atoms with E-state index in [-0.39, 0.29) is 124 Å². The van der Waals surface area contributed by atoms with Gasteiger partial charge in [0.15, 0.2) is 0 Å². The SMILES string of the molecule is C=C(N[C@@H](CC(C)C)C(=O)N[C@@H](CC(C)C)C(=O)N[C@@H](CCCCN)C(=O)N[C@@H](CC(C)C)C(=O)N[C@@H](Cc1c[nH]c2ccccc12)C(=O)N[C@@H](CC(C)C)C(=O)N[C@@H](CCCCN)C(=O)N[C@@H](CC(C)C)C(=O)N[C@@H](CC(C)C)C(=O)N[C@@H](CCCCN)C(N)=O)[C@H](CC(C)C)NC[C@H](CCCCN)NC(C)=O. The molecule has 11 amide bonds. The molecule has 0 bridgehead atoms. The van der Waals surface area contributed by atoms with Crippen molar-refractivity contribution < 1.29 is 52.7 Å². The molecule has 29 heteroatoms. The minimum absolute atomic E-state index is 0.0371. The predicted molar refractivity (Wildman–Crippen MR) is 432 cm³/mol. The molecule has 0 saturated heterocycles. The van der Waals surface area contributed by atoms with Crippen molar-refractivity contribution in [3.05, 3.63) is 48.3 Å². The van der Waals surface area contributed by atoms with Crippen LogP contribution in [-0.4, -0.2) is 175 Å². The lowest BCUT2D eigenvalue weighted by Crippen LogP contribution is -2.61. The van der Waals surface area contributed by atoms with Crippen molar-refractivity contribution in [2.75, 3.05) is 32.7 Å². The summed E-state index contributed by atoms with van der Waals surface area (Å²) in [7, 11) is 0. The van der Waals surface area contributed by atoms with Crippen molar-refractivity contribution in [2.45, 2.75) is 305 Å². The lowest BCUT2D eigenvalue weighted by molar-refractivity contribution is -0.136. The largest absolute Gasteiger partial charge is 0.376 e. The summed E-state index contributed by atoms with van der Waals surface area (Å²) in [4.78, 5) is 160. The first-order valence-electron chi connectivity index (χ1n) is 40.3. The fourth-order valence-electron chi connectivity index (χ4n) is 13.2. The van der Waals surface area contributed by atoms with Crippen LogP contribution in [0, 0.1) is 41.4 Å². The minimum Gasteiger partial charge on any atom is -0.376 e. The maximum atomic E-state index is 15.2. The zero-order valence-electron chi connectivity index (χ0n) is 68.6. The van der Waals surface area contributed by atoms with Gasteiger partial charge in [0.05, 0.1) is 0 Å². The van der Waals surface area contributed by atoms with Crippen molar-refractivity contribution >= 4 is 75.9 Å². The van der Waals surface area contributed by atoms with Crippen LogP contribution < -0.4 is 92.5 Å². The van der Waals surface area contributed by atoms with Crippen molar-refractivity contribution in [3.63, 3.8) is 0 Å². The number of primary amides is 1. The molecule has 0 spiro atoms. The van der Waals surface area contributed by atoms with Gasteiger partial charge in [-0.1, -0.05) is 128 Å². The average molecular weight is 1530 g/mol. The zero-order valence-corrected chi connectivity index (χ0v) is 68.6. The molecule has 0 fully saturated rings. The topological polar surface area (TPSA) is 478 Å². The molecule has 0 saturated carbocycles. The van der Waals surface area contributed by atoms with E-state index in [1.807, 2.05) is 107 Å². The molecule has 2 rings (SSSR count). The first-order chi connectivity index (χ1) is 51.4. The van der Waals surface area contributed by atoms with Crippen LogP contribution in [-0.2, 0) is 59.2 Å². The van der Waals surface area contributed by atoms with Gasteiger partial charge < -0.3 is 97.5 Å². The predicted octanol–water partition coefficient (Wildman–Crippen LogP) is 4.33. The first-order valence-corrected chi connectivity index (χ1v) is 40.3. The monoisotopic (exact) mass is 1530 g/mol. The number of aromatic amines is 1. The van der Waals surface area contributed by atoms with E-state index >= 15 is 9.59 Å². The molecule has 2 aromatic rings. The highest BCUT2D eigenvalue weighted by Gasteiger charge is 2.38. The molecule has 0 aliphatic rings. The summed E-state index contributed by atoms with van der Waals surface area (Å²) >= 11 is 0. The standard InChI is InChI=1S/C80H144N18O11/c1-47(2)37-63(87-46-57(89-55(16)99)27-19-23-33-81)54(15)88-64(38-48(3)4)74(103)95-66(40-50(7)8)76(105)91-62(32-22-26-36-84)73(102)94-69(43-53(13)14)79(108)98-70(44-56-45-86-59-29-18-17-28-58(56)59)80(109)97-67(41-51(9)10)77(106)92-61(31-21-25-35-83)72(101)93-68(42-52(11)12)78(107)96-65(39-49(5)6)75(104)90-60(71(85)100)30-20-24-34-82/h17-18,28-29,45,47-53,57,60-70,86-88H,15,19-27,30-44,46,81-84H2,1-14,16H3,(H2,85,100)(H,89,99)(H,90,104)(H,91,105)(H,92,106)(H,93,101)(H,94,102)(H,95,103)(H,96,107)(H,97,109)(H,98,108)/t57-,60-,61-,62-,63-,64-,65-,66-,67-,68-,69-,70-/m0/s1. The van der Waals surface area contributed by atoms with Gasteiger partial charge in [-0.25, -0.2) is 0 Å². The van der Waals surface area contributed by atoms with E-state index in [9.17, 15) is 43.2 Å². The van der Waals surface area contributed by atoms with Crippen molar-refractivity contribution in [1.29, 1.82) is 0 Å². The summed E-state index contributed by atoms with van der Waals surface area (Å²) < 4.78 is 0. The number of amides is 11. The van der Waals surface area contributed by atoms with Gasteiger partial charge >= 0.3 is 0 Å². The molecule has 1 aromatic carbocycles. The van der Waals surface area contributed by atoms with E-state index in [1.165, 1.54) is 6.92 Å². The molecule has 23 N–H and O–H groups in total. The fraction of sp³-hybridized carbons (Fsp3) is 0.738. The maximum Gasteiger partial charge on any atom is 0.243 e. The number of unbranched alkanes of at least 4 members (excludes halogenated alkanes) is 4. The van der Waals surface area contributed by atoms with E-state index in [0.29, 0.717) is 88.8 Å². The van der Waals surface area contributed by atoms with Gasteiger partial charge in [0.1, 0.15) is 60.4 Å². The number of nitrogens with one attached hydrogen (secondary N) is 13. The van der Waals surface area contributed by atoms with E-state index in [0.717, 1.165) is 30.2 Å². The Bertz CT molecular complexity index is 3120. The Balaban J connectivity index is 2.63. The van der Waals surface area contributed by atoms with Gasteiger partial charge in [-0.2, -0.15) is 0 Å².